The van der Waals surface area contributed by atoms with Gasteiger partial charge in [0.25, 0.3) is 0 Å². The molecule has 0 aromatic heterocycles. The molecular formula is C10H18N2. The van der Waals surface area contributed by atoms with Gasteiger partial charge in [-0.15, -0.1) is 0 Å². The summed E-state index contributed by atoms with van der Waals surface area (Å²) in [6.07, 6.45) is 3.92. The average molecular weight is 166 g/mol. The lowest BCUT2D eigenvalue weighted by Crippen LogP contribution is -2.24. The molecule has 0 rings (SSSR count). The number of hydrogen-bond acceptors (Lipinski definition) is 2. The summed E-state index contributed by atoms with van der Waals surface area (Å²) in [7, 11) is 1.82. The topological polar surface area (TPSA) is 29.3 Å². The van der Waals surface area contributed by atoms with E-state index >= 15 is 0 Å². The molecule has 2 heteroatoms. The maximum atomic E-state index is 5.62. The summed E-state index contributed by atoms with van der Waals surface area (Å²) in [5, 5.41) is 1.61. The van der Waals surface area contributed by atoms with Crippen LogP contribution in [0.2, 0.25) is 0 Å². The zero-order valence-electron chi connectivity index (χ0n) is 8.39. The van der Waals surface area contributed by atoms with Crippen molar-refractivity contribution in [3.8, 4) is 0 Å². The van der Waals surface area contributed by atoms with Crippen molar-refractivity contribution in [1.29, 1.82) is 0 Å². The lowest BCUT2D eigenvalue weighted by molar-refractivity contribution is 0.450. The van der Waals surface area contributed by atoms with Crippen molar-refractivity contribution in [1.82, 2.24) is 5.01 Å². The van der Waals surface area contributed by atoms with Gasteiger partial charge in [-0.25, -0.2) is 5.84 Å². The Kier molecular flexibility index (Phi) is 4.37. The first-order valence-electron chi connectivity index (χ1n) is 3.94. The van der Waals surface area contributed by atoms with Crippen LogP contribution in [0, 0.1) is 0 Å². The second kappa shape index (κ2) is 4.78. The molecule has 0 unspecified atom stereocenters. The first kappa shape index (κ1) is 11.0. The molecule has 0 saturated heterocycles. The fourth-order valence-electron chi connectivity index (χ4n) is 0.858. The molecule has 68 valence electrons. The minimum Gasteiger partial charge on any atom is -0.314 e. The smallest absolute Gasteiger partial charge is 0.0500 e. The summed E-state index contributed by atoms with van der Waals surface area (Å²) in [6, 6.07) is 0. The van der Waals surface area contributed by atoms with Crippen molar-refractivity contribution in [3.63, 3.8) is 0 Å². The van der Waals surface area contributed by atoms with E-state index in [4.69, 9.17) is 5.84 Å². The number of hydrazine groups is 1. The summed E-state index contributed by atoms with van der Waals surface area (Å²) in [5.41, 5.74) is 3.24. The van der Waals surface area contributed by atoms with Gasteiger partial charge >= 0.3 is 0 Å². The van der Waals surface area contributed by atoms with E-state index in [0.717, 1.165) is 11.3 Å². The lowest BCUT2D eigenvalue weighted by Gasteiger charge is -2.14. The maximum absolute atomic E-state index is 5.62. The van der Waals surface area contributed by atoms with Crippen molar-refractivity contribution in [2.75, 3.05) is 7.05 Å². The Morgan fingerprint density at radius 3 is 2.00 bits per heavy atom. The van der Waals surface area contributed by atoms with Gasteiger partial charge in [-0.05, 0) is 26.8 Å². The lowest BCUT2D eigenvalue weighted by atomic mass is 10.2. The van der Waals surface area contributed by atoms with Gasteiger partial charge < -0.3 is 5.01 Å². The van der Waals surface area contributed by atoms with Crippen molar-refractivity contribution in [2.45, 2.75) is 20.8 Å². The molecule has 0 radical (unpaired) electrons. The zero-order valence-corrected chi connectivity index (χ0v) is 8.39. The van der Waals surface area contributed by atoms with Crippen molar-refractivity contribution < 1.29 is 0 Å². The number of allylic oxidation sites excluding steroid dienone is 4. The Hall–Kier alpha value is -1.02. The Balaban J connectivity index is 4.58. The molecule has 0 amide bonds. The van der Waals surface area contributed by atoms with Crippen molar-refractivity contribution in [2.24, 2.45) is 5.84 Å². The highest BCUT2D eigenvalue weighted by molar-refractivity contribution is 5.26. The standard InChI is InChI=1S/C10H18N2/c1-8(2)6-7-10(9(3)4)12(5)11/h6-7H,1,11H2,2-5H3/b7-6-. The molecule has 0 aliphatic heterocycles. The monoisotopic (exact) mass is 166 g/mol. The molecule has 0 aliphatic rings. The van der Waals surface area contributed by atoms with Gasteiger partial charge in [0.05, 0.1) is 0 Å². The predicted octanol–water partition coefficient (Wildman–Crippen LogP) is 2.22. The van der Waals surface area contributed by atoms with Crippen LogP contribution in [0.1, 0.15) is 20.8 Å². The van der Waals surface area contributed by atoms with E-state index in [9.17, 15) is 0 Å². The van der Waals surface area contributed by atoms with Crippen LogP contribution in [0.25, 0.3) is 0 Å². The number of rotatable bonds is 3. The molecule has 12 heavy (non-hydrogen) atoms. The molecule has 0 fully saturated rings. The van der Waals surface area contributed by atoms with Crippen LogP contribution in [0.4, 0.5) is 0 Å². The molecule has 0 bridgehead atoms. The number of hydrogen-bond donors (Lipinski definition) is 1. The molecule has 2 N–H and O–H groups in total. The highest BCUT2D eigenvalue weighted by atomic mass is 15.4. The quantitative estimate of drug-likeness (QED) is 0.396. The zero-order chi connectivity index (χ0) is 9.72. The molecular weight excluding hydrogens is 148 g/mol. The second-order valence-electron chi connectivity index (χ2n) is 3.18. The number of nitrogens with zero attached hydrogens (tertiary/aromatic N) is 1. The Morgan fingerprint density at radius 2 is 1.75 bits per heavy atom. The van der Waals surface area contributed by atoms with Gasteiger partial charge in [-0.2, -0.15) is 0 Å². The highest BCUT2D eigenvalue weighted by Gasteiger charge is 1.96. The normalized spacial score (nSPS) is 10.1. The second-order valence-corrected chi connectivity index (χ2v) is 3.18. The van der Waals surface area contributed by atoms with Gasteiger partial charge in [-0.1, -0.05) is 23.8 Å². The van der Waals surface area contributed by atoms with Gasteiger partial charge in [0.15, 0.2) is 0 Å². The third kappa shape index (κ3) is 3.98. The first-order valence-corrected chi connectivity index (χ1v) is 3.94. The summed E-state index contributed by atoms with van der Waals surface area (Å²) < 4.78 is 0. The molecule has 0 heterocycles. The SMILES string of the molecule is C=C(C)/C=C\C(=C(C)C)N(C)N. The molecule has 0 aromatic rings. The van der Waals surface area contributed by atoms with E-state index in [1.165, 1.54) is 5.57 Å². The summed E-state index contributed by atoms with van der Waals surface area (Å²) in [5.74, 6) is 5.62. The van der Waals surface area contributed by atoms with Gasteiger partial charge in [0.1, 0.15) is 0 Å². The predicted molar refractivity (Wildman–Crippen MR) is 54.3 cm³/mol. The van der Waals surface area contributed by atoms with Crippen LogP contribution < -0.4 is 5.84 Å². The minimum atomic E-state index is 1.02. The van der Waals surface area contributed by atoms with Crippen LogP contribution in [-0.2, 0) is 0 Å². The molecule has 0 aliphatic carbocycles. The van der Waals surface area contributed by atoms with E-state index in [2.05, 4.69) is 6.58 Å². The van der Waals surface area contributed by atoms with E-state index in [1.807, 2.05) is 40.0 Å². The Labute approximate surface area is 75.0 Å². The summed E-state index contributed by atoms with van der Waals surface area (Å²) >= 11 is 0. The van der Waals surface area contributed by atoms with Crippen LogP contribution in [0.15, 0.2) is 35.6 Å². The fraction of sp³-hybridized carbons (Fsp3) is 0.400. The van der Waals surface area contributed by atoms with E-state index in [-0.39, 0.29) is 0 Å². The third-order valence-corrected chi connectivity index (χ3v) is 1.42. The van der Waals surface area contributed by atoms with Gasteiger partial charge in [0.2, 0.25) is 0 Å². The first-order chi connectivity index (χ1) is 5.45. The van der Waals surface area contributed by atoms with Crippen molar-refractivity contribution in [3.05, 3.63) is 35.6 Å². The highest BCUT2D eigenvalue weighted by Crippen LogP contribution is 2.07. The summed E-state index contributed by atoms with van der Waals surface area (Å²) in [4.78, 5) is 0. The largest absolute Gasteiger partial charge is 0.314 e. The van der Waals surface area contributed by atoms with E-state index in [0.29, 0.717) is 0 Å². The van der Waals surface area contributed by atoms with Crippen LogP contribution in [-0.4, -0.2) is 12.1 Å². The molecule has 0 atom stereocenters. The van der Waals surface area contributed by atoms with Crippen LogP contribution in [0.3, 0.4) is 0 Å². The Bertz CT molecular complexity index is 218. The summed E-state index contributed by atoms with van der Waals surface area (Å²) in [6.45, 7) is 9.79. The molecule has 0 spiro atoms. The fourth-order valence-corrected chi connectivity index (χ4v) is 0.858. The van der Waals surface area contributed by atoms with E-state index in [1.54, 1.807) is 5.01 Å². The third-order valence-electron chi connectivity index (χ3n) is 1.42. The van der Waals surface area contributed by atoms with Crippen LogP contribution >= 0.6 is 0 Å². The maximum Gasteiger partial charge on any atom is 0.0500 e. The molecule has 0 aromatic carbocycles. The average Bonchev–Trinajstić information content (AvgIpc) is 1.84. The number of nitrogens with two attached hydrogens (primary N) is 1. The number of likely N-dealkylation sites (N-methyl/N-ethyl adjacent to an activating group) is 1. The Morgan fingerprint density at radius 1 is 1.25 bits per heavy atom. The van der Waals surface area contributed by atoms with Gasteiger partial charge in [-0.3, -0.25) is 0 Å². The molecule has 0 saturated carbocycles. The van der Waals surface area contributed by atoms with Crippen molar-refractivity contribution >= 4 is 0 Å². The van der Waals surface area contributed by atoms with Crippen LogP contribution in [0.5, 0.6) is 0 Å². The molecule has 2 nitrogen and oxygen atoms in total. The van der Waals surface area contributed by atoms with E-state index < -0.39 is 0 Å². The minimum absolute atomic E-state index is 1.02. The van der Waals surface area contributed by atoms with Gasteiger partial charge in [0, 0.05) is 12.7 Å².